The number of ether oxygens (including phenoxy) is 2. The Morgan fingerprint density at radius 2 is 2.24 bits per heavy atom. The number of anilines is 1. The molecule has 2 aliphatic heterocycles. The van der Waals surface area contributed by atoms with Crippen LogP contribution in [-0.2, 0) is 14.3 Å². The normalized spacial score (nSPS) is 23.3. The average molecular weight is 395 g/mol. The lowest BCUT2D eigenvalue weighted by atomic mass is 9.86. The van der Waals surface area contributed by atoms with Crippen LogP contribution in [0.15, 0.2) is 30.5 Å². The van der Waals surface area contributed by atoms with Gasteiger partial charge in [0.05, 0.1) is 36.9 Å². The van der Waals surface area contributed by atoms with Crippen LogP contribution >= 0.6 is 0 Å². The minimum Gasteiger partial charge on any atom is -0.380 e. The second kappa shape index (κ2) is 7.95. The monoisotopic (exact) mass is 395 g/mol. The highest BCUT2D eigenvalue weighted by Gasteiger charge is 2.39. The Morgan fingerprint density at radius 1 is 1.41 bits per heavy atom. The minimum absolute atomic E-state index is 0.114. The third kappa shape index (κ3) is 3.77. The van der Waals surface area contributed by atoms with Crippen LogP contribution in [0.5, 0.6) is 0 Å². The van der Waals surface area contributed by atoms with Gasteiger partial charge in [-0.3, -0.25) is 9.78 Å². The Labute approximate surface area is 169 Å². The number of aromatic nitrogens is 1. The smallest absolute Gasteiger partial charge is 0.251 e. The van der Waals surface area contributed by atoms with E-state index in [0.717, 1.165) is 11.1 Å². The number of pyridine rings is 1. The van der Waals surface area contributed by atoms with E-state index in [1.165, 1.54) is 0 Å². The fraction of sp³-hybridized carbons (Fsp3) is 0.476. The Hall–Kier alpha value is -2.73. The van der Waals surface area contributed by atoms with Gasteiger partial charge in [0.25, 0.3) is 5.91 Å². The quantitative estimate of drug-likeness (QED) is 0.769. The van der Waals surface area contributed by atoms with Crippen LogP contribution in [-0.4, -0.2) is 62.5 Å². The van der Waals surface area contributed by atoms with Crippen LogP contribution < -0.4 is 16.0 Å². The van der Waals surface area contributed by atoms with Crippen molar-refractivity contribution in [3.63, 3.8) is 0 Å². The number of benzene rings is 1. The maximum Gasteiger partial charge on any atom is 0.251 e. The summed E-state index contributed by atoms with van der Waals surface area (Å²) < 4.78 is 11.2. The summed E-state index contributed by atoms with van der Waals surface area (Å²) in [4.78, 5) is 19.3. The fourth-order valence-corrected chi connectivity index (χ4v) is 3.89. The molecule has 2 fully saturated rings. The molecule has 3 N–H and O–H groups in total. The topological polar surface area (TPSA) is 114 Å². The number of carbonyl (C=O) groups is 1. The van der Waals surface area contributed by atoms with Gasteiger partial charge in [0, 0.05) is 42.3 Å². The molecule has 2 atom stereocenters. The molecule has 0 saturated carbocycles. The molecule has 8 nitrogen and oxygen atoms in total. The first-order valence-corrected chi connectivity index (χ1v) is 9.79. The van der Waals surface area contributed by atoms with E-state index in [2.05, 4.69) is 21.3 Å². The van der Waals surface area contributed by atoms with Gasteiger partial charge < -0.3 is 25.4 Å². The molecule has 0 spiro atoms. The zero-order chi connectivity index (χ0) is 20.4. The molecule has 2 unspecified atom stereocenters. The third-order valence-corrected chi connectivity index (χ3v) is 5.65. The maximum atomic E-state index is 12.8. The van der Waals surface area contributed by atoms with E-state index in [9.17, 15) is 10.1 Å². The predicted molar refractivity (Wildman–Crippen MR) is 108 cm³/mol. The first-order chi connectivity index (χ1) is 14.0. The molecule has 1 amide bonds. The molecule has 152 valence electrons. The van der Waals surface area contributed by atoms with Crippen molar-refractivity contribution in [1.29, 1.82) is 5.26 Å². The summed E-state index contributed by atoms with van der Waals surface area (Å²) in [6.07, 6.45) is 0.983. The van der Waals surface area contributed by atoms with Gasteiger partial charge in [0.15, 0.2) is 6.10 Å². The van der Waals surface area contributed by atoms with Crippen molar-refractivity contribution < 1.29 is 14.3 Å². The second-order valence-corrected chi connectivity index (χ2v) is 7.90. The molecule has 1 aromatic heterocycles. The molecule has 1 aromatic carbocycles. The van der Waals surface area contributed by atoms with Gasteiger partial charge in [-0.2, -0.15) is 5.26 Å². The van der Waals surface area contributed by atoms with Gasteiger partial charge >= 0.3 is 0 Å². The Balaban J connectivity index is 1.53. The van der Waals surface area contributed by atoms with Gasteiger partial charge in [-0.25, -0.2) is 0 Å². The van der Waals surface area contributed by atoms with Gasteiger partial charge in [-0.15, -0.1) is 0 Å². The van der Waals surface area contributed by atoms with E-state index in [1.807, 2.05) is 25.1 Å². The number of amides is 1. The highest BCUT2D eigenvalue weighted by molar-refractivity contribution is 5.95. The number of carbonyl (C=O) groups excluding carboxylic acids is 1. The summed E-state index contributed by atoms with van der Waals surface area (Å²) in [6, 6.07) is 9.70. The SMILES string of the molecule is CC1CN(c2ccc(C#N)c3ncccc23)CC(C(=O)NCC2(CN)COC2)O1. The first-order valence-electron chi connectivity index (χ1n) is 9.79. The highest BCUT2D eigenvalue weighted by atomic mass is 16.5. The van der Waals surface area contributed by atoms with Crippen LogP contribution in [0.4, 0.5) is 5.69 Å². The highest BCUT2D eigenvalue weighted by Crippen LogP contribution is 2.30. The van der Waals surface area contributed by atoms with Crippen molar-refractivity contribution in [3.8, 4) is 6.07 Å². The average Bonchev–Trinajstić information content (AvgIpc) is 2.71. The van der Waals surface area contributed by atoms with E-state index >= 15 is 0 Å². The number of nitriles is 1. The summed E-state index contributed by atoms with van der Waals surface area (Å²) in [6.45, 7) is 5.14. The summed E-state index contributed by atoms with van der Waals surface area (Å²) in [5.41, 5.74) is 7.82. The molecule has 2 saturated heterocycles. The second-order valence-electron chi connectivity index (χ2n) is 7.90. The Morgan fingerprint density at radius 3 is 2.93 bits per heavy atom. The van der Waals surface area contributed by atoms with E-state index in [4.69, 9.17) is 15.2 Å². The lowest BCUT2D eigenvalue weighted by Crippen LogP contribution is -2.58. The van der Waals surface area contributed by atoms with Gasteiger partial charge in [-0.05, 0) is 31.2 Å². The largest absolute Gasteiger partial charge is 0.380 e. The van der Waals surface area contributed by atoms with Crippen molar-refractivity contribution in [3.05, 3.63) is 36.0 Å². The molecule has 29 heavy (non-hydrogen) atoms. The van der Waals surface area contributed by atoms with Gasteiger partial charge in [-0.1, -0.05) is 0 Å². The van der Waals surface area contributed by atoms with Crippen LogP contribution in [0.1, 0.15) is 12.5 Å². The number of hydrogen-bond acceptors (Lipinski definition) is 7. The van der Waals surface area contributed by atoms with Crippen molar-refractivity contribution >= 4 is 22.5 Å². The molecule has 0 aliphatic carbocycles. The van der Waals surface area contributed by atoms with Crippen molar-refractivity contribution in [2.75, 3.05) is 44.3 Å². The van der Waals surface area contributed by atoms with Gasteiger partial charge in [0.1, 0.15) is 6.07 Å². The number of nitrogens with zero attached hydrogens (tertiary/aromatic N) is 3. The van der Waals surface area contributed by atoms with E-state index in [-0.39, 0.29) is 17.4 Å². The summed E-state index contributed by atoms with van der Waals surface area (Å²) in [5, 5.41) is 13.3. The fourth-order valence-electron chi connectivity index (χ4n) is 3.89. The van der Waals surface area contributed by atoms with E-state index < -0.39 is 6.10 Å². The lowest BCUT2D eigenvalue weighted by molar-refractivity contribution is -0.142. The molecular weight excluding hydrogens is 370 g/mol. The molecule has 0 bridgehead atoms. The lowest BCUT2D eigenvalue weighted by Gasteiger charge is -2.41. The standard InChI is InChI=1S/C21H25N5O3/c1-14-8-26(17-5-4-15(7-22)19-16(17)3-2-6-24-19)9-18(29-14)20(27)25-11-21(10-23)12-28-13-21/h2-6,14,18H,8-13,23H2,1H3,(H,25,27). The summed E-state index contributed by atoms with van der Waals surface area (Å²) in [7, 11) is 0. The van der Waals surface area contributed by atoms with Crippen molar-refractivity contribution in [1.82, 2.24) is 10.3 Å². The zero-order valence-electron chi connectivity index (χ0n) is 16.4. The number of nitrogens with one attached hydrogen (secondary N) is 1. The molecule has 8 heteroatoms. The third-order valence-electron chi connectivity index (χ3n) is 5.65. The van der Waals surface area contributed by atoms with Gasteiger partial charge in [0.2, 0.25) is 0 Å². The predicted octanol–water partition coefficient (Wildman–Crippen LogP) is 0.792. The van der Waals surface area contributed by atoms with Crippen molar-refractivity contribution in [2.24, 2.45) is 11.1 Å². The molecular formula is C21H25N5O3. The van der Waals surface area contributed by atoms with Crippen LogP contribution in [0.2, 0.25) is 0 Å². The Kier molecular flexibility index (Phi) is 5.37. The first kappa shape index (κ1) is 19.6. The van der Waals surface area contributed by atoms with E-state index in [1.54, 1.807) is 12.3 Å². The maximum absolute atomic E-state index is 12.8. The van der Waals surface area contributed by atoms with Crippen LogP contribution in [0.3, 0.4) is 0 Å². The number of nitrogens with two attached hydrogens (primary N) is 1. The molecule has 4 rings (SSSR count). The van der Waals surface area contributed by atoms with Crippen molar-refractivity contribution in [2.45, 2.75) is 19.1 Å². The number of fused-ring (bicyclic) bond motifs is 1. The molecule has 2 aromatic rings. The minimum atomic E-state index is -0.586. The Bertz CT molecular complexity index is 947. The molecule has 3 heterocycles. The summed E-state index contributed by atoms with van der Waals surface area (Å²) >= 11 is 0. The number of hydrogen-bond donors (Lipinski definition) is 2. The number of rotatable bonds is 5. The molecule has 2 aliphatic rings. The molecule has 0 radical (unpaired) electrons. The van der Waals surface area contributed by atoms with E-state index in [0.29, 0.717) is 50.5 Å². The van der Waals surface area contributed by atoms with Crippen LogP contribution in [0.25, 0.3) is 10.9 Å². The number of morpholine rings is 1. The zero-order valence-corrected chi connectivity index (χ0v) is 16.4. The summed E-state index contributed by atoms with van der Waals surface area (Å²) in [5.74, 6) is -0.141. The van der Waals surface area contributed by atoms with Crippen LogP contribution in [0, 0.1) is 16.7 Å².